The summed E-state index contributed by atoms with van der Waals surface area (Å²) in [6.07, 6.45) is 5.24. The second-order valence-corrected chi connectivity index (χ2v) is 9.00. The van der Waals surface area contributed by atoms with Gasteiger partial charge in [0.1, 0.15) is 10.9 Å². The predicted octanol–water partition coefficient (Wildman–Crippen LogP) is 5.72. The number of hydrogen-bond donors (Lipinski definition) is 0. The van der Waals surface area contributed by atoms with Crippen LogP contribution < -0.4 is 9.47 Å². The van der Waals surface area contributed by atoms with Gasteiger partial charge in [0.2, 0.25) is 0 Å². The molecule has 1 aliphatic heterocycles. The average molecular weight is 483 g/mol. The lowest BCUT2D eigenvalue weighted by atomic mass is 10.1. The second-order valence-electron chi connectivity index (χ2n) is 6.92. The van der Waals surface area contributed by atoms with Crippen LogP contribution >= 0.6 is 35.6 Å². The van der Waals surface area contributed by atoms with Gasteiger partial charge >= 0.3 is 0 Å². The van der Waals surface area contributed by atoms with Crippen molar-refractivity contribution in [3.63, 3.8) is 0 Å². The van der Waals surface area contributed by atoms with Crippen molar-refractivity contribution in [2.75, 3.05) is 7.11 Å². The van der Waals surface area contributed by atoms with Gasteiger partial charge in [-0.05, 0) is 41.5 Å². The molecule has 2 heterocycles. The molecule has 0 atom stereocenters. The molecule has 5 nitrogen and oxygen atoms in total. The summed E-state index contributed by atoms with van der Waals surface area (Å²) >= 11 is 12.9. The van der Waals surface area contributed by atoms with Crippen LogP contribution in [-0.4, -0.2) is 27.2 Å². The Morgan fingerprint density at radius 2 is 2.00 bits per heavy atom. The standard InChI is InChI=1S/C24H19ClN2O3S2/c1-29-21-11-16(8-9-20(21)30-15-18-6-2-3-7-19(18)25)12-22-23(28)27(24(31)32-22)14-17-5-4-10-26-13-17/h2-13H,14-15H2,1H3. The van der Waals surface area contributed by atoms with Gasteiger partial charge in [-0.2, -0.15) is 0 Å². The van der Waals surface area contributed by atoms with Gasteiger partial charge in [-0.25, -0.2) is 0 Å². The Kier molecular flexibility index (Phi) is 7.09. The van der Waals surface area contributed by atoms with Gasteiger partial charge in [0, 0.05) is 23.0 Å². The SMILES string of the molecule is COc1cc(C=C2SC(=S)N(Cc3cccnc3)C2=O)ccc1OCc1ccccc1Cl. The quantitative estimate of drug-likeness (QED) is 0.317. The maximum absolute atomic E-state index is 12.9. The molecule has 1 saturated heterocycles. The zero-order valence-corrected chi connectivity index (χ0v) is 19.5. The van der Waals surface area contributed by atoms with Crippen LogP contribution in [-0.2, 0) is 17.9 Å². The number of rotatable bonds is 7. The number of aromatic nitrogens is 1. The molecule has 1 aliphatic rings. The maximum Gasteiger partial charge on any atom is 0.266 e. The van der Waals surface area contributed by atoms with E-state index in [0.29, 0.717) is 38.9 Å². The fourth-order valence-electron chi connectivity index (χ4n) is 3.13. The smallest absolute Gasteiger partial charge is 0.266 e. The molecule has 1 fully saturated rings. The molecule has 8 heteroatoms. The molecular weight excluding hydrogens is 464 g/mol. The van der Waals surface area contributed by atoms with E-state index in [4.69, 9.17) is 33.3 Å². The number of amides is 1. The van der Waals surface area contributed by atoms with Crippen LogP contribution in [0.15, 0.2) is 71.9 Å². The molecule has 0 radical (unpaired) electrons. The van der Waals surface area contributed by atoms with E-state index < -0.39 is 0 Å². The Morgan fingerprint density at radius 1 is 1.16 bits per heavy atom. The van der Waals surface area contributed by atoms with Gasteiger partial charge in [-0.3, -0.25) is 14.7 Å². The molecule has 0 bridgehead atoms. The number of nitrogens with zero attached hydrogens (tertiary/aromatic N) is 2. The molecule has 162 valence electrons. The molecule has 1 amide bonds. The average Bonchev–Trinajstić information content (AvgIpc) is 3.07. The fraction of sp³-hybridized carbons (Fsp3) is 0.125. The van der Waals surface area contributed by atoms with Crippen LogP contribution in [0.4, 0.5) is 0 Å². The molecular formula is C24H19ClN2O3S2. The fourth-order valence-corrected chi connectivity index (χ4v) is 4.57. The predicted molar refractivity (Wildman–Crippen MR) is 132 cm³/mol. The molecule has 1 aromatic heterocycles. The van der Waals surface area contributed by atoms with Crippen LogP contribution in [0.3, 0.4) is 0 Å². The van der Waals surface area contributed by atoms with E-state index in [1.54, 1.807) is 24.4 Å². The Bertz CT molecular complexity index is 1180. The normalized spacial score (nSPS) is 14.8. The first-order valence-electron chi connectivity index (χ1n) is 9.73. The minimum absolute atomic E-state index is 0.123. The van der Waals surface area contributed by atoms with E-state index in [1.165, 1.54) is 11.8 Å². The summed E-state index contributed by atoms with van der Waals surface area (Å²) < 4.78 is 11.9. The van der Waals surface area contributed by atoms with Gasteiger partial charge in [-0.15, -0.1) is 0 Å². The highest BCUT2D eigenvalue weighted by Crippen LogP contribution is 2.35. The highest BCUT2D eigenvalue weighted by atomic mass is 35.5. The van der Waals surface area contributed by atoms with Gasteiger partial charge in [-0.1, -0.05) is 65.9 Å². The third kappa shape index (κ3) is 5.12. The number of pyridine rings is 1. The molecule has 0 N–H and O–H groups in total. The van der Waals surface area contributed by atoms with Gasteiger partial charge < -0.3 is 9.47 Å². The lowest BCUT2D eigenvalue weighted by molar-refractivity contribution is -0.122. The van der Waals surface area contributed by atoms with E-state index in [-0.39, 0.29) is 5.91 Å². The number of carbonyl (C=O) groups is 1. The number of methoxy groups -OCH3 is 1. The lowest BCUT2D eigenvalue weighted by Gasteiger charge is -2.14. The summed E-state index contributed by atoms with van der Waals surface area (Å²) in [6.45, 7) is 0.719. The zero-order valence-electron chi connectivity index (χ0n) is 17.2. The molecule has 4 rings (SSSR count). The van der Waals surface area contributed by atoms with Crippen LogP contribution in [0.2, 0.25) is 5.02 Å². The number of benzene rings is 2. The highest BCUT2D eigenvalue weighted by Gasteiger charge is 2.32. The highest BCUT2D eigenvalue weighted by molar-refractivity contribution is 8.26. The van der Waals surface area contributed by atoms with Crippen molar-refractivity contribution >= 4 is 51.9 Å². The first-order valence-corrected chi connectivity index (χ1v) is 11.3. The lowest BCUT2D eigenvalue weighted by Crippen LogP contribution is -2.27. The van der Waals surface area contributed by atoms with E-state index in [1.807, 2.05) is 60.7 Å². The number of hydrogen-bond acceptors (Lipinski definition) is 6. The summed E-state index contributed by atoms with van der Waals surface area (Å²) in [5.74, 6) is 1.03. The Morgan fingerprint density at radius 3 is 2.75 bits per heavy atom. The Balaban J connectivity index is 1.49. The summed E-state index contributed by atoms with van der Waals surface area (Å²) in [7, 11) is 1.58. The van der Waals surface area contributed by atoms with Crippen LogP contribution in [0, 0.1) is 0 Å². The van der Waals surface area contributed by atoms with Crippen LogP contribution in [0.1, 0.15) is 16.7 Å². The Labute approximate surface area is 201 Å². The van der Waals surface area contributed by atoms with E-state index in [0.717, 1.165) is 16.7 Å². The minimum Gasteiger partial charge on any atom is -0.493 e. The first-order chi connectivity index (χ1) is 15.5. The van der Waals surface area contributed by atoms with Crippen molar-refractivity contribution in [2.45, 2.75) is 13.2 Å². The summed E-state index contributed by atoms with van der Waals surface area (Å²) in [4.78, 5) is 19.1. The van der Waals surface area contributed by atoms with Gasteiger partial charge in [0.05, 0.1) is 18.6 Å². The summed E-state index contributed by atoms with van der Waals surface area (Å²) in [6, 6.07) is 16.8. The summed E-state index contributed by atoms with van der Waals surface area (Å²) in [5, 5.41) is 0.649. The van der Waals surface area contributed by atoms with Crippen LogP contribution in [0.25, 0.3) is 6.08 Å². The van der Waals surface area contributed by atoms with Crippen LogP contribution in [0.5, 0.6) is 11.5 Å². The molecule has 0 spiro atoms. The number of thiocarbonyl (C=S) groups is 1. The second kappa shape index (κ2) is 10.2. The molecule has 0 aliphatic carbocycles. The number of carbonyl (C=O) groups excluding carboxylic acids is 1. The largest absolute Gasteiger partial charge is 0.493 e. The van der Waals surface area contributed by atoms with Crippen molar-refractivity contribution in [1.82, 2.24) is 9.88 Å². The van der Waals surface area contributed by atoms with E-state index in [2.05, 4.69) is 4.98 Å². The van der Waals surface area contributed by atoms with Crippen molar-refractivity contribution in [3.8, 4) is 11.5 Å². The Hall–Kier alpha value is -2.87. The van der Waals surface area contributed by atoms with E-state index >= 15 is 0 Å². The first kappa shape index (κ1) is 22.3. The maximum atomic E-state index is 12.9. The number of halogens is 1. The zero-order chi connectivity index (χ0) is 22.5. The molecule has 32 heavy (non-hydrogen) atoms. The van der Waals surface area contributed by atoms with Gasteiger partial charge in [0.15, 0.2) is 11.5 Å². The minimum atomic E-state index is -0.123. The third-order valence-corrected chi connectivity index (χ3v) is 6.51. The van der Waals surface area contributed by atoms with Crippen molar-refractivity contribution in [1.29, 1.82) is 0 Å². The molecule has 3 aromatic rings. The van der Waals surface area contributed by atoms with Crippen molar-refractivity contribution in [3.05, 3.63) is 93.6 Å². The summed E-state index contributed by atoms with van der Waals surface area (Å²) in [5.41, 5.74) is 2.62. The molecule has 2 aromatic carbocycles. The topological polar surface area (TPSA) is 51.7 Å². The monoisotopic (exact) mass is 482 g/mol. The van der Waals surface area contributed by atoms with Crippen molar-refractivity contribution in [2.24, 2.45) is 0 Å². The number of thioether (sulfide) groups is 1. The van der Waals surface area contributed by atoms with E-state index in [9.17, 15) is 4.79 Å². The van der Waals surface area contributed by atoms with Crippen molar-refractivity contribution < 1.29 is 14.3 Å². The molecule has 0 saturated carbocycles. The number of ether oxygens (including phenoxy) is 2. The van der Waals surface area contributed by atoms with Gasteiger partial charge in [0.25, 0.3) is 5.91 Å². The third-order valence-electron chi connectivity index (χ3n) is 4.76. The molecule has 0 unspecified atom stereocenters.